The molecule has 1 fully saturated rings. The number of hydrogen-bond donors (Lipinski definition) is 2. The summed E-state index contributed by atoms with van der Waals surface area (Å²) in [4.78, 5) is 37.8. The van der Waals surface area contributed by atoms with Gasteiger partial charge in [0.25, 0.3) is 0 Å². The van der Waals surface area contributed by atoms with Crippen molar-refractivity contribution >= 4 is 22.8 Å². The number of carbonyl (C=O) groups is 1. The Labute approximate surface area is 196 Å². The summed E-state index contributed by atoms with van der Waals surface area (Å²) in [5.41, 5.74) is 3.67. The third kappa shape index (κ3) is 4.33. The number of hydrogen-bond acceptors (Lipinski definition) is 5. The lowest BCUT2D eigenvalue weighted by Crippen LogP contribution is -2.37. The molecule has 0 atom stereocenters. The van der Waals surface area contributed by atoms with E-state index in [0.717, 1.165) is 43.6 Å². The Balaban J connectivity index is 1.18. The smallest absolute Gasteiger partial charge is 0.338 e. The average molecular weight is 461 g/mol. The van der Waals surface area contributed by atoms with Crippen molar-refractivity contribution in [3.8, 4) is 0 Å². The van der Waals surface area contributed by atoms with Gasteiger partial charge in [-0.15, -0.1) is 0 Å². The van der Waals surface area contributed by atoms with Crippen LogP contribution in [0.4, 0.5) is 5.95 Å². The number of aromatic amines is 1. The maximum Gasteiger partial charge on any atom is 0.338 e. The van der Waals surface area contributed by atoms with Crippen LogP contribution in [0.5, 0.6) is 0 Å². The predicted octanol–water partition coefficient (Wildman–Crippen LogP) is 3.09. The van der Waals surface area contributed by atoms with Crippen LogP contribution in [0.25, 0.3) is 10.9 Å². The SMILES string of the molecule is Cc1[nH]c2ccccc2c1CCn1ccn(CC2CCN(c3ncc(C(=O)O)cn3)CC2)c1=O. The number of aromatic carboxylic acids is 1. The molecule has 1 aromatic carbocycles. The number of anilines is 1. The molecular formula is C25H28N6O3. The van der Waals surface area contributed by atoms with Gasteiger partial charge >= 0.3 is 11.7 Å². The number of benzene rings is 1. The van der Waals surface area contributed by atoms with Gasteiger partial charge in [-0.25, -0.2) is 19.6 Å². The first-order chi connectivity index (χ1) is 16.5. The van der Waals surface area contributed by atoms with Crippen molar-refractivity contribution in [3.63, 3.8) is 0 Å². The first-order valence-electron chi connectivity index (χ1n) is 11.6. The molecule has 9 heteroatoms. The van der Waals surface area contributed by atoms with Gasteiger partial charge in [0, 0.05) is 67.6 Å². The molecule has 9 nitrogen and oxygen atoms in total. The van der Waals surface area contributed by atoms with Gasteiger partial charge < -0.3 is 15.0 Å². The van der Waals surface area contributed by atoms with Crippen LogP contribution >= 0.6 is 0 Å². The number of imidazole rings is 1. The molecule has 1 aliphatic heterocycles. The molecule has 0 radical (unpaired) electrons. The number of fused-ring (bicyclic) bond motifs is 1. The average Bonchev–Trinajstić information content (AvgIpc) is 3.36. The van der Waals surface area contributed by atoms with E-state index in [1.165, 1.54) is 23.3 Å². The molecule has 0 aliphatic carbocycles. The standard InChI is InChI=1S/C25H28N6O3/c1-17-20(21-4-2-3-5-22(21)28-17)8-11-30-12-13-31(25(30)34)16-18-6-9-29(10-7-18)24-26-14-19(15-27-24)23(32)33/h2-5,12-15,18,28H,6-11,16H2,1H3,(H,32,33). The highest BCUT2D eigenvalue weighted by molar-refractivity contribution is 5.86. The fraction of sp³-hybridized carbons (Fsp3) is 0.360. The van der Waals surface area contributed by atoms with Crippen LogP contribution in [0.3, 0.4) is 0 Å². The quantitative estimate of drug-likeness (QED) is 0.439. The Morgan fingerprint density at radius 1 is 1.12 bits per heavy atom. The van der Waals surface area contributed by atoms with E-state index in [1.54, 1.807) is 4.57 Å². The van der Waals surface area contributed by atoms with Crippen molar-refractivity contribution in [1.29, 1.82) is 0 Å². The largest absolute Gasteiger partial charge is 0.478 e. The minimum Gasteiger partial charge on any atom is -0.478 e. The van der Waals surface area contributed by atoms with E-state index < -0.39 is 5.97 Å². The van der Waals surface area contributed by atoms with Crippen molar-refractivity contribution in [1.82, 2.24) is 24.1 Å². The molecule has 5 rings (SSSR count). The second-order valence-electron chi connectivity index (χ2n) is 8.96. The van der Waals surface area contributed by atoms with E-state index >= 15 is 0 Å². The Bertz CT molecular complexity index is 1360. The molecule has 34 heavy (non-hydrogen) atoms. The number of carboxylic acids is 1. The number of rotatable bonds is 7. The monoisotopic (exact) mass is 460 g/mol. The third-order valence-electron chi connectivity index (χ3n) is 6.79. The van der Waals surface area contributed by atoms with E-state index in [9.17, 15) is 9.59 Å². The fourth-order valence-corrected chi connectivity index (χ4v) is 4.84. The highest BCUT2D eigenvalue weighted by Gasteiger charge is 2.22. The van der Waals surface area contributed by atoms with Gasteiger partial charge in [-0.1, -0.05) is 18.2 Å². The van der Waals surface area contributed by atoms with Crippen LogP contribution in [-0.4, -0.2) is 48.3 Å². The Kier molecular flexibility index (Phi) is 5.91. The zero-order valence-electron chi connectivity index (χ0n) is 19.1. The van der Waals surface area contributed by atoms with Gasteiger partial charge in [0.05, 0.1) is 5.56 Å². The minimum absolute atomic E-state index is 0.0347. The molecule has 4 heterocycles. The van der Waals surface area contributed by atoms with E-state index in [0.29, 0.717) is 25.0 Å². The molecule has 176 valence electrons. The molecule has 0 amide bonds. The van der Waals surface area contributed by atoms with E-state index in [-0.39, 0.29) is 11.3 Å². The zero-order valence-corrected chi connectivity index (χ0v) is 19.1. The summed E-state index contributed by atoms with van der Waals surface area (Å²) in [6, 6.07) is 8.28. The third-order valence-corrected chi connectivity index (χ3v) is 6.79. The summed E-state index contributed by atoms with van der Waals surface area (Å²) < 4.78 is 3.62. The normalized spacial score (nSPS) is 14.7. The van der Waals surface area contributed by atoms with Gasteiger partial charge in [0.15, 0.2) is 0 Å². The van der Waals surface area contributed by atoms with Crippen molar-refractivity contribution in [2.75, 3.05) is 18.0 Å². The zero-order chi connectivity index (χ0) is 23.7. The summed E-state index contributed by atoms with van der Waals surface area (Å²) in [6.45, 7) is 5.00. The maximum atomic E-state index is 13.0. The summed E-state index contributed by atoms with van der Waals surface area (Å²) in [7, 11) is 0. The second kappa shape index (κ2) is 9.17. The van der Waals surface area contributed by atoms with Crippen molar-refractivity contribution in [2.24, 2.45) is 5.92 Å². The molecule has 1 aliphatic rings. The minimum atomic E-state index is -1.03. The topological polar surface area (TPSA) is 109 Å². The molecule has 0 saturated carbocycles. The number of piperidine rings is 1. The van der Waals surface area contributed by atoms with Gasteiger partial charge in [-0.2, -0.15) is 0 Å². The van der Waals surface area contributed by atoms with E-state index in [1.807, 2.05) is 29.1 Å². The van der Waals surface area contributed by atoms with Gasteiger partial charge in [-0.3, -0.25) is 9.13 Å². The molecule has 1 saturated heterocycles. The van der Waals surface area contributed by atoms with Crippen LogP contribution in [0.15, 0.2) is 53.8 Å². The number of nitrogens with zero attached hydrogens (tertiary/aromatic N) is 5. The molecule has 0 spiro atoms. The van der Waals surface area contributed by atoms with Crippen LogP contribution in [0, 0.1) is 12.8 Å². The van der Waals surface area contributed by atoms with Crippen LogP contribution in [0.1, 0.15) is 34.5 Å². The first-order valence-corrected chi connectivity index (χ1v) is 11.6. The molecular weight excluding hydrogens is 432 g/mol. The number of carboxylic acid groups (broad SMARTS) is 1. The van der Waals surface area contributed by atoms with Crippen molar-refractivity contribution in [2.45, 2.75) is 39.3 Å². The lowest BCUT2D eigenvalue weighted by atomic mass is 9.97. The molecule has 3 aromatic heterocycles. The van der Waals surface area contributed by atoms with E-state index in [4.69, 9.17) is 5.11 Å². The van der Waals surface area contributed by atoms with E-state index in [2.05, 4.69) is 38.9 Å². The predicted molar refractivity (Wildman–Crippen MR) is 129 cm³/mol. The Hall–Kier alpha value is -3.88. The van der Waals surface area contributed by atoms with Crippen LogP contribution in [-0.2, 0) is 19.5 Å². The molecule has 4 aromatic rings. The molecule has 0 unspecified atom stereocenters. The Morgan fingerprint density at radius 2 is 1.82 bits per heavy atom. The first kappa shape index (κ1) is 21.9. The van der Waals surface area contributed by atoms with Crippen molar-refractivity contribution < 1.29 is 9.90 Å². The van der Waals surface area contributed by atoms with Gasteiger partial charge in [-0.05, 0) is 43.7 Å². The lowest BCUT2D eigenvalue weighted by Gasteiger charge is -2.31. The number of H-pyrrole nitrogens is 1. The van der Waals surface area contributed by atoms with Gasteiger partial charge in [0.1, 0.15) is 0 Å². The molecule has 0 bridgehead atoms. The lowest BCUT2D eigenvalue weighted by molar-refractivity contribution is 0.0696. The van der Waals surface area contributed by atoms with Crippen LogP contribution < -0.4 is 10.6 Å². The van der Waals surface area contributed by atoms with Gasteiger partial charge in [0.2, 0.25) is 5.95 Å². The van der Waals surface area contributed by atoms with Crippen molar-refractivity contribution in [3.05, 3.63) is 76.4 Å². The second-order valence-corrected chi connectivity index (χ2v) is 8.96. The number of aryl methyl sites for hydroxylation is 3. The number of para-hydroxylation sites is 1. The maximum absolute atomic E-state index is 13.0. The summed E-state index contributed by atoms with van der Waals surface area (Å²) in [5, 5.41) is 10.2. The van der Waals surface area contributed by atoms with Crippen LogP contribution in [0.2, 0.25) is 0 Å². The summed E-state index contributed by atoms with van der Waals surface area (Å²) in [6.07, 6.45) is 9.13. The fourth-order valence-electron chi connectivity index (χ4n) is 4.84. The number of aromatic nitrogens is 5. The molecule has 2 N–H and O–H groups in total. The summed E-state index contributed by atoms with van der Waals surface area (Å²) >= 11 is 0. The number of nitrogens with one attached hydrogen (secondary N) is 1. The highest BCUT2D eigenvalue weighted by Crippen LogP contribution is 2.23. The Morgan fingerprint density at radius 3 is 2.56 bits per heavy atom. The highest BCUT2D eigenvalue weighted by atomic mass is 16.4. The summed E-state index contributed by atoms with van der Waals surface area (Å²) in [5.74, 6) is -0.0717.